The minimum atomic E-state index is -0.0892. The molecule has 0 aliphatic carbocycles. The van der Waals surface area contributed by atoms with Crippen LogP contribution in [0.3, 0.4) is 0 Å². The highest BCUT2D eigenvalue weighted by atomic mass is 16.1. The van der Waals surface area contributed by atoms with E-state index in [1.54, 1.807) is 0 Å². The molecule has 1 fully saturated rings. The molecule has 0 radical (unpaired) electrons. The van der Waals surface area contributed by atoms with Gasteiger partial charge in [-0.05, 0) is 72.0 Å². The molecule has 0 spiro atoms. The summed E-state index contributed by atoms with van der Waals surface area (Å²) in [6.07, 6.45) is 1.98. The van der Waals surface area contributed by atoms with Crippen molar-refractivity contribution in [2.24, 2.45) is 0 Å². The molecule has 1 aliphatic rings. The molecular formula is C32H36N4O. The van der Waals surface area contributed by atoms with Crippen molar-refractivity contribution in [2.75, 3.05) is 36.4 Å². The lowest BCUT2D eigenvalue weighted by molar-refractivity contribution is 0.102. The molecule has 0 saturated carbocycles. The maximum atomic E-state index is 13.3. The van der Waals surface area contributed by atoms with Crippen molar-refractivity contribution in [3.05, 3.63) is 107 Å². The number of aryl methyl sites for hydroxylation is 1. The van der Waals surface area contributed by atoms with Gasteiger partial charge in [-0.15, -0.1) is 0 Å². The Kier molecular flexibility index (Phi) is 7.42. The third-order valence-electron chi connectivity index (χ3n) is 7.23. The van der Waals surface area contributed by atoms with E-state index < -0.39 is 0 Å². The van der Waals surface area contributed by atoms with Gasteiger partial charge in [0.25, 0.3) is 5.91 Å². The highest BCUT2D eigenvalue weighted by molar-refractivity contribution is 6.08. The van der Waals surface area contributed by atoms with Gasteiger partial charge >= 0.3 is 0 Å². The first-order valence-electron chi connectivity index (χ1n) is 13.2. The third-order valence-corrected chi connectivity index (χ3v) is 7.23. The topological polar surface area (TPSA) is 51.4 Å². The van der Waals surface area contributed by atoms with E-state index in [9.17, 15) is 4.79 Å². The minimum absolute atomic E-state index is 0.0892. The number of hydrogen-bond donors (Lipinski definition) is 2. The Morgan fingerprint density at radius 1 is 0.919 bits per heavy atom. The van der Waals surface area contributed by atoms with Gasteiger partial charge in [-0.25, -0.2) is 0 Å². The predicted octanol–water partition coefficient (Wildman–Crippen LogP) is 6.69. The van der Waals surface area contributed by atoms with E-state index in [0.29, 0.717) is 11.5 Å². The zero-order valence-electron chi connectivity index (χ0n) is 22.0. The number of H-pyrrole nitrogens is 1. The van der Waals surface area contributed by atoms with Gasteiger partial charge < -0.3 is 15.2 Å². The number of benzene rings is 3. The molecule has 0 bridgehead atoms. The van der Waals surface area contributed by atoms with E-state index in [1.807, 2.05) is 30.5 Å². The predicted molar refractivity (Wildman–Crippen MR) is 153 cm³/mol. The highest BCUT2D eigenvalue weighted by Crippen LogP contribution is 2.28. The van der Waals surface area contributed by atoms with E-state index in [4.69, 9.17) is 0 Å². The van der Waals surface area contributed by atoms with Crippen molar-refractivity contribution >= 4 is 17.3 Å². The van der Waals surface area contributed by atoms with Crippen LogP contribution in [0.15, 0.2) is 85.1 Å². The van der Waals surface area contributed by atoms with Gasteiger partial charge in [0, 0.05) is 61.6 Å². The van der Waals surface area contributed by atoms with E-state index >= 15 is 0 Å². The number of nitrogens with zero attached hydrogens (tertiary/aromatic N) is 2. The van der Waals surface area contributed by atoms with Crippen molar-refractivity contribution in [3.8, 4) is 11.1 Å². The molecule has 1 saturated heterocycles. The molecule has 5 heteroatoms. The van der Waals surface area contributed by atoms with Crippen molar-refractivity contribution in [3.63, 3.8) is 0 Å². The maximum absolute atomic E-state index is 13.3. The molecule has 2 heterocycles. The van der Waals surface area contributed by atoms with Crippen molar-refractivity contribution in [1.29, 1.82) is 0 Å². The number of aromatic amines is 1. The van der Waals surface area contributed by atoms with E-state index in [0.717, 1.165) is 55.1 Å². The number of anilines is 2. The summed E-state index contributed by atoms with van der Waals surface area (Å²) in [7, 11) is 0. The smallest absolute Gasteiger partial charge is 0.256 e. The lowest BCUT2D eigenvalue weighted by Crippen LogP contribution is -2.46. The fraction of sp³-hybridized carbons (Fsp3) is 0.281. The van der Waals surface area contributed by atoms with Crippen LogP contribution in [-0.4, -0.2) is 42.0 Å². The molecule has 0 atom stereocenters. The third kappa shape index (κ3) is 5.95. The van der Waals surface area contributed by atoms with Gasteiger partial charge in [-0.1, -0.05) is 55.8 Å². The molecule has 1 aromatic heterocycles. The second-order valence-electron chi connectivity index (χ2n) is 10.3. The van der Waals surface area contributed by atoms with Crippen LogP contribution in [0.2, 0.25) is 0 Å². The molecule has 0 unspecified atom stereocenters. The number of piperazine rings is 1. The summed E-state index contributed by atoms with van der Waals surface area (Å²) >= 11 is 0. The fourth-order valence-electron chi connectivity index (χ4n) is 4.97. The first-order valence-corrected chi connectivity index (χ1v) is 13.2. The quantitative estimate of drug-likeness (QED) is 0.302. The number of hydrogen-bond acceptors (Lipinski definition) is 3. The maximum Gasteiger partial charge on any atom is 0.256 e. The van der Waals surface area contributed by atoms with Crippen LogP contribution in [0.5, 0.6) is 0 Å². The van der Waals surface area contributed by atoms with E-state index in [1.165, 1.54) is 16.9 Å². The van der Waals surface area contributed by atoms with E-state index in [-0.39, 0.29) is 5.91 Å². The number of aromatic nitrogens is 1. The van der Waals surface area contributed by atoms with Crippen LogP contribution in [0.1, 0.15) is 46.9 Å². The van der Waals surface area contributed by atoms with Gasteiger partial charge in [-0.3, -0.25) is 9.69 Å². The summed E-state index contributed by atoms with van der Waals surface area (Å²) in [4.78, 5) is 21.5. The Morgan fingerprint density at radius 2 is 1.65 bits per heavy atom. The Labute approximate surface area is 220 Å². The van der Waals surface area contributed by atoms with Crippen molar-refractivity contribution in [2.45, 2.75) is 33.2 Å². The fourth-order valence-corrected chi connectivity index (χ4v) is 4.97. The Balaban J connectivity index is 1.24. The summed E-state index contributed by atoms with van der Waals surface area (Å²) in [5, 5.41) is 3.11. The lowest BCUT2D eigenvalue weighted by Gasteiger charge is -2.36. The zero-order valence-corrected chi connectivity index (χ0v) is 22.0. The first kappa shape index (κ1) is 24.8. The van der Waals surface area contributed by atoms with Gasteiger partial charge in [0.2, 0.25) is 0 Å². The van der Waals surface area contributed by atoms with Gasteiger partial charge in [-0.2, -0.15) is 0 Å². The van der Waals surface area contributed by atoms with Crippen molar-refractivity contribution in [1.82, 2.24) is 9.88 Å². The molecule has 5 rings (SSSR count). The summed E-state index contributed by atoms with van der Waals surface area (Å²) in [6, 6.07) is 27.0. The second kappa shape index (κ2) is 11.1. The molecule has 190 valence electrons. The Hall–Kier alpha value is -3.83. The molecule has 2 N–H and O–H groups in total. The van der Waals surface area contributed by atoms with Crippen LogP contribution >= 0.6 is 0 Å². The average Bonchev–Trinajstić information content (AvgIpc) is 3.43. The zero-order chi connectivity index (χ0) is 25.8. The lowest BCUT2D eigenvalue weighted by atomic mass is 9.94. The molecule has 4 aromatic rings. The van der Waals surface area contributed by atoms with Crippen LogP contribution in [0, 0.1) is 6.92 Å². The highest BCUT2D eigenvalue weighted by Gasteiger charge is 2.18. The summed E-state index contributed by atoms with van der Waals surface area (Å²) in [6.45, 7) is 11.5. The molecule has 3 aromatic carbocycles. The Morgan fingerprint density at radius 3 is 2.30 bits per heavy atom. The summed E-state index contributed by atoms with van der Waals surface area (Å²) in [5.41, 5.74) is 8.40. The monoisotopic (exact) mass is 492 g/mol. The molecular weight excluding hydrogens is 456 g/mol. The number of carbonyl (C=O) groups excluding carboxylic acids is 1. The first-order chi connectivity index (χ1) is 18.0. The second-order valence-corrected chi connectivity index (χ2v) is 10.3. The molecule has 5 nitrogen and oxygen atoms in total. The number of rotatable bonds is 7. The molecule has 1 aliphatic heterocycles. The normalized spacial score (nSPS) is 14.2. The summed E-state index contributed by atoms with van der Waals surface area (Å²) < 4.78 is 0. The minimum Gasteiger partial charge on any atom is -0.369 e. The largest absolute Gasteiger partial charge is 0.369 e. The molecule has 1 amide bonds. The number of amides is 1. The Bertz CT molecular complexity index is 1320. The van der Waals surface area contributed by atoms with Gasteiger partial charge in [0.15, 0.2) is 0 Å². The van der Waals surface area contributed by atoms with E-state index in [2.05, 4.69) is 95.5 Å². The van der Waals surface area contributed by atoms with Gasteiger partial charge in [0.1, 0.15) is 0 Å². The SMILES string of the molecule is Cc1ccc(C(=O)Nc2ccc(N3CCN(Cc4ccc[nH]4)CC3)cc2)c(-c2ccc(C(C)C)cc2)c1. The van der Waals surface area contributed by atoms with Crippen LogP contribution < -0.4 is 10.2 Å². The van der Waals surface area contributed by atoms with Gasteiger partial charge in [0.05, 0.1) is 0 Å². The van der Waals surface area contributed by atoms with Crippen LogP contribution in [-0.2, 0) is 6.54 Å². The number of carbonyl (C=O) groups is 1. The van der Waals surface area contributed by atoms with Crippen molar-refractivity contribution < 1.29 is 4.79 Å². The summed E-state index contributed by atoms with van der Waals surface area (Å²) in [5.74, 6) is 0.388. The standard InChI is InChI=1S/C32H36N4O/c1-23(2)25-7-9-26(10-8-25)31-21-24(3)6-15-30(31)32(37)34-27-11-13-29(14-12-27)36-19-17-35(18-20-36)22-28-5-4-16-33-28/h4-16,21,23,33H,17-20,22H2,1-3H3,(H,34,37). The van der Waals surface area contributed by atoms with Crippen LogP contribution in [0.4, 0.5) is 11.4 Å². The average molecular weight is 493 g/mol. The van der Waals surface area contributed by atoms with Crippen LogP contribution in [0.25, 0.3) is 11.1 Å². The number of nitrogens with one attached hydrogen (secondary N) is 2. The molecule has 37 heavy (non-hydrogen) atoms.